The SMILES string of the molecule is COc1cc(N2CCCC2)c(OC)cc1/N=N/c1ccc(C(=O)N2CCc3c2ccc2[nH]c(C(=O)N4CCc5c4ccc4[nH]c(C(=O)Oc6c(F)c(F)c(F)c(F)c6F)cc54)cc32)cc1Cl. The van der Waals surface area contributed by atoms with E-state index >= 15 is 0 Å². The maximum Gasteiger partial charge on any atom is 0.360 e. The van der Waals surface area contributed by atoms with Crippen molar-refractivity contribution in [1.29, 1.82) is 0 Å². The zero-order valence-electron chi connectivity index (χ0n) is 35.0. The van der Waals surface area contributed by atoms with Crippen LogP contribution < -0.4 is 28.9 Å². The maximum atomic E-state index is 14.2. The fourth-order valence-electron chi connectivity index (χ4n) is 8.97. The van der Waals surface area contributed by atoms with Crippen molar-refractivity contribution >= 4 is 79.6 Å². The molecular formula is C47H35ClF5N7O6. The second kappa shape index (κ2) is 16.5. The average Bonchev–Trinajstić information content (AvgIpc) is 4.19. The first kappa shape index (κ1) is 42.5. The molecule has 336 valence electrons. The van der Waals surface area contributed by atoms with E-state index in [-0.39, 0.29) is 29.1 Å². The number of esters is 1. The van der Waals surface area contributed by atoms with Gasteiger partial charge in [0.15, 0.2) is 0 Å². The van der Waals surface area contributed by atoms with Crippen molar-refractivity contribution in [3.8, 4) is 17.2 Å². The summed E-state index contributed by atoms with van der Waals surface area (Å²) in [6.45, 7) is 2.51. The van der Waals surface area contributed by atoms with Crippen LogP contribution in [0.5, 0.6) is 17.2 Å². The molecule has 1 saturated heterocycles. The van der Waals surface area contributed by atoms with E-state index in [1.54, 1.807) is 66.5 Å². The molecule has 13 nitrogen and oxygen atoms in total. The van der Waals surface area contributed by atoms with Crippen molar-refractivity contribution in [3.63, 3.8) is 0 Å². The van der Waals surface area contributed by atoms with Gasteiger partial charge in [-0.25, -0.2) is 18.0 Å². The predicted octanol–water partition coefficient (Wildman–Crippen LogP) is 10.7. The fourth-order valence-corrected chi connectivity index (χ4v) is 9.19. The van der Waals surface area contributed by atoms with Crippen LogP contribution in [0.2, 0.25) is 5.02 Å². The normalized spacial score (nSPS) is 14.5. The molecule has 0 aliphatic carbocycles. The number of nitrogens with zero attached hydrogens (tertiary/aromatic N) is 5. The molecule has 66 heavy (non-hydrogen) atoms. The van der Waals surface area contributed by atoms with Crippen molar-refractivity contribution in [2.75, 3.05) is 55.1 Å². The minimum atomic E-state index is -2.38. The molecule has 19 heteroatoms. The molecule has 2 N–H and O–H groups in total. The number of aromatic nitrogens is 2. The standard InChI is InChI=1S/C47H35ClF5N7O6/c1-64-37-21-36(58-13-3-4-14-58)38(65-2)20-31(37)57-56-30-6-5-22(17-27(30)48)45(61)59-15-11-23-25-18-32(54-28(25)7-9-34(23)59)46(62)60-16-12-24-26-19-33(55-29(26)8-10-35(24)60)47(63)66-44-42(52)40(50)39(49)41(51)43(44)53/h5-10,17-21,54-55H,3-4,11-16H2,1-2H3/b57-56+. The van der Waals surface area contributed by atoms with Gasteiger partial charge in [0.25, 0.3) is 11.8 Å². The number of H-pyrrole nitrogens is 2. The smallest absolute Gasteiger partial charge is 0.360 e. The lowest BCUT2D eigenvalue weighted by Crippen LogP contribution is -2.29. The Kier molecular flexibility index (Phi) is 10.6. The first-order valence-corrected chi connectivity index (χ1v) is 21.1. The van der Waals surface area contributed by atoms with Gasteiger partial charge in [0.2, 0.25) is 34.8 Å². The highest BCUT2D eigenvalue weighted by Crippen LogP contribution is 2.43. The van der Waals surface area contributed by atoms with Crippen LogP contribution in [0.15, 0.2) is 77.0 Å². The number of fused-ring (bicyclic) bond motifs is 6. The third-order valence-electron chi connectivity index (χ3n) is 12.2. The number of carbonyl (C=O) groups is 3. The molecule has 5 heterocycles. The summed E-state index contributed by atoms with van der Waals surface area (Å²) < 4.78 is 85.4. The van der Waals surface area contributed by atoms with Crippen LogP contribution in [-0.4, -0.2) is 68.2 Å². The molecule has 0 atom stereocenters. The molecular weight excluding hydrogens is 889 g/mol. The van der Waals surface area contributed by atoms with E-state index in [1.165, 1.54) is 6.07 Å². The van der Waals surface area contributed by atoms with E-state index in [9.17, 15) is 36.3 Å². The zero-order valence-corrected chi connectivity index (χ0v) is 35.7. The molecule has 0 bridgehead atoms. The van der Waals surface area contributed by atoms with Gasteiger partial charge in [0, 0.05) is 77.1 Å². The van der Waals surface area contributed by atoms with Crippen molar-refractivity contribution in [1.82, 2.24) is 9.97 Å². The number of ether oxygens (including phenoxy) is 3. The molecule has 2 aromatic heterocycles. The summed E-state index contributed by atoms with van der Waals surface area (Å²) in [5.41, 5.74) is 5.97. The number of carbonyl (C=O) groups excluding carboxylic acids is 3. The highest BCUT2D eigenvalue weighted by molar-refractivity contribution is 6.33. The Morgan fingerprint density at radius 2 is 1.17 bits per heavy atom. The van der Waals surface area contributed by atoms with E-state index in [2.05, 4.69) is 29.8 Å². The molecule has 3 aliphatic rings. The number of nitrogens with one attached hydrogen (secondary N) is 2. The Bertz CT molecular complexity index is 3210. The van der Waals surface area contributed by atoms with Gasteiger partial charge < -0.3 is 38.9 Å². The van der Waals surface area contributed by atoms with Crippen molar-refractivity contribution in [2.24, 2.45) is 10.2 Å². The Labute approximate surface area is 376 Å². The fraction of sp³-hybridized carbons (Fsp3) is 0.213. The van der Waals surface area contributed by atoms with E-state index < -0.39 is 40.8 Å². The largest absolute Gasteiger partial charge is 0.494 e. The summed E-state index contributed by atoms with van der Waals surface area (Å²) in [5.74, 6) is -14.0. The topological polar surface area (TPSA) is 145 Å². The highest BCUT2D eigenvalue weighted by atomic mass is 35.5. The zero-order chi connectivity index (χ0) is 46.1. The third-order valence-corrected chi connectivity index (χ3v) is 12.5. The Morgan fingerprint density at radius 3 is 1.77 bits per heavy atom. The Hall–Kier alpha value is -7.47. The van der Waals surface area contributed by atoms with Crippen molar-refractivity contribution in [3.05, 3.63) is 129 Å². The minimum Gasteiger partial charge on any atom is -0.494 e. The van der Waals surface area contributed by atoms with Crippen molar-refractivity contribution in [2.45, 2.75) is 25.7 Å². The number of aromatic amines is 2. The lowest BCUT2D eigenvalue weighted by Gasteiger charge is -2.21. The average molecular weight is 924 g/mol. The molecule has 10 rings (SSSR count). The van der Waals surface area contributed by atoms with E-state index in [4.69, 9.17) is 21.1 Å². The second-order valence-electron chi connectivity index (χ2n) is 15.9. The minimum absolute atomic E-state index is 0.224. The molecule has 0 saturated carbocycles. The summed E-state index contributed by atoms with van der Waals surface area (Å²) in [5, 5.41) is 10.3. The number of azo groups is 1. The second-order valence-corrected chi connectivity index (χ2v) is 16.3. The number of anilines is 3. The molecule has 5 aromatic carbocycles. The van der Waals surface area contributed by atoms with E-state index in [0.717, 1.165) is 42.6 Å². The van der Waals surface area contributed by atoms with E-state index in [0.29, 0.717) is 86.9 Å². The van der Waals surface area contributed by atoms with Crippen LogP contribution in [0.25, 0.3) is 21.8 Å². The summed E-state index contributed by atoms with van der Waals surface area (Å²) >= 11 is 6.68. The summed E-state index contributed by atoms with van der Waals surface area (Å²) in [4.78, 5) is 52.4. The number of rotatable bonds is 9. The van der Waals surface area contributed by atoms with Gasteiger partial charge in [-0.05, 0) is 91.4 Å². The number of benzene rings is 5. The number of halogens is 6. The van der Waals surface area contributed by atoms with Gasteiger partial charge in [-0.2, -0.15) is 8.78 Å². The van der Waals surface area contributed by atoms with Crippen LogP contribution in [-0.2, 0) is 12.8 Å². The molecule has 0 unspecified atom stereocenters. The van der Waals surface area contributed by atoms with Gasteiger partial charge in [-0.3, -0.25) is 9.59 Å². The van der Waals surface area contributed by atoms with Gasteiger partial charge in [0.1, 0.15) is 34.3 Å². The first-order chi connectivity index (χ1) is 31.8. The molecule has 0 radical (unpaired) electrons. The molecule has 0 spiro atoms. The van der Waals surface area contributed by atoms with Gasteiger partial charge >= 0.3 is 5.97 Å². The van der Waals surface area contributed by atoms with Crippen LogP contribution in [0.4, 0.5) is 50.4 Å². The number of hydrogen-bond donors (Lipinski definition) is 2. The number of hydrogen-bond acceptors (Lipinski definition) is 9. The lowest BCUT2D eigenvalue weighted by molar-refractivity contribution is 0.0710. The molecule has 3 aliphatic heterocycles. The third kappa shape index (κ3) is 7.02. The Morgan fingerprint density at radius 1 is 0.606 bits per heavy atom. The van der Waals surface area contributed by atoms with Crippen LogP contribution >= 0.6 is 11.6 Å². The number of amides is 2. The van der Waals surface area contributed by atoms with Gasteiger partial charge in [0.05, 0.1) is 24.9 Å². The lowest BCUT2D eigenvalue weighted by atomic mass is 10.1. The predicted molar refractivity (Wildman–Crippen MR) is 235 cm³/mol. The van der Waals surface area contributed by atoms with Crippen molar-refractivity contribution < 1.29 is 50.5 Å². The van der Waals surface area contributed by atoms with E-state index in [1.807, 2.05) is 18.2 Å². The van der Waals surface area contributed by atoms with Crippen LogP contribution in [0.3, 0.4) is 0 Å². The monoisotopic (exact) mass is 923 g/mol. The van der Waals surface area contributed by atoms with Gasteiger partial charge in [-0.15, -0.1) is 10.2 Å². The summed E-state index contributed by atoms with van der Waals surface area (Å²) in [6.07, 6.45) is 3.10. The Balaban J connectivity index is 0.853. The quantitative estimate of drug-likeness (QED) is 0.0366. The van der Waals surface area contributed by atoms with Gasteiger partial charge in [-0.1, -0.05) is 11.6 Å². The molecule has 1 fully saturated rings. The van der Waals surface area contributed by atoms with Crippen LogP contribution in [0, 0.1) is 29.1 Å². The highest BCUT2D eigenvalue weighted by Gasteiger charge is 2.33. The van der Waals surface area contributed by atoms with Crippen LogP contribution in [0.1, 0.15) is 55.3 Å². The maximum absolute atomic E-state index is 14.2. The molecule has 2 amide bonds. The summed E-state index contributed by atoms with van der Waals surface area (Å²) in [7, 11) is 3.17. The number of methoxy groups -OCH3 is 2. The first-order valence-electron chi connectivity index (χ1n) is 20.7. The summed E-state index contributed by atoms with van der Waals surface area (Å²) in [6, 6.07) is 18.5. The molecule has 7 aromatic rings.